The highest BCUT2D eigenvalue weighted by molar-refractivity contribution is 6.31. The van der Waals surface area contributed by atoms with Crippen LogP contribution < -0.4 is 10.2 Å². The summed E-state index contributed by atoms with van der Waals surface area (Å²) in [5.74, 6) is 1.87. The summed E-state index contributed by atoms with van der Waals surface area (Å²) in [6.45, 7) is 6.17. The number of nitrogens with zero attached hydrogens (tertiary/aromatic N) is 2. The highest BCUT2D eigenvalue weighted by Gasteiger charge is 2.20. The van der Waals surface area contributed by atoms with Gasteiger partial charge in [-0.15, -0.1) is 0 Å². The number of nitrogens with one attached hydrogen (secondary N) is 1. The fourth-order valence-electron chi connectivity index (χ4n) is 2.28. The molecule has 0 saturated heterocycles. The average Bonchev–Trinajstić information content (AvgIpc) is 2.32. The standard InChI is InChI=1S/C15H24ClN3/c1-11(2)17-8-13-7-15(18-9-14(13)16)19(3)10-12-5-4-6-12/h7,9,11-12,17H,4-6,8,10H2,1-3H3. The van der Waals surface area contributed by atoms with Crippen LogP contribution in [-0.4, -0.2) is 24.6 Å². The maximum Gasteiger partial charge on any atom is 0.128 e. The lowest BCUT2D eigenvalue weighted by atomic mass is 9.85. The molecule has 0 radical (unpaired) electrons. The largest absolute Gasteiger partial charge is 0.359 e. The number of pyridine rings is 1. The van der Waals surface area contributed by atoms with Gasteiger partial charge in [-0.1, -0.05) is 31.9 Å². The summed E-state index contributed by atoms with van der Waals surface area (Å²) in [5, 5.41) is 4.15. The zero-order chi connectivity index (χ0) is 13.8. The van der Waals surface area contributed by atoms with E-state index in [0.717, 1.165) is 35.4 Å². The van der Waals surface area contributed by atoms with E-state index in [0.29, 0.717) is 6.04 Å². The highest BCUT2D eigenvalue weighted by atomic mass is 35.5. The van der Waals surface area contributed by atoms with Crippen LogP contribution in [0.4, 0.5) is 5.82 Å². The zero-order valence-corrected chi connectivity index (χ0v) is 12.9. The van der Waals surface area contributed by atoms with Gasteiger partial charge in [-0.2, -0.15) is 0 Å². The van der Waals surface area contributed by atoms with Crippen LogP contribution in [0.15, 0.2) is 12.3 Å². The smallest absolute Gasteiger partial charge is 0.128 e. The van der Waals surface area contributed by atoms with Gasteiger partial charge in [0.15, 0.2) is 0 Å². The molecule has 19 heavy (non-hydrogen) atoms. The van der Waals surface area contributed by atoms with Crippen molar-refractivity contribution in [1.29, 1.82) is 0 Å². The van der Waals surface area contributed by atoms with Crippen molar-refractivity contribution in [2.45, 2.75) is 45.7 Å². The zero-order valence-electron chi connectivity index (χ0n) is 12.1. The number of hydrogen-bond donors (Lipinski definition) is 1. The van der Waals surface area contributed by atoms with Crippen molar-refractivity contribution in [3.63, 3.8) is 0 Å². The van der Waals surface area contributed by atoms with Crippen molar-refractivity contribution in [2.24, 2.45) is 5.92 Å². The van der Waals surface area contributed by atoms with Crippen molar-refractivity contribution in [2.75, 3.05) is 18.5 Å². The van der Waals surface area contributed by atoms with Gasteiger partial charge in [0, 0.05) is 32.4 Å². The molecule has 2 rings (SSSR count). The van der Waals surface area contributed by atoms with Gasteiger partial charge in [-0.25, -0.2) is 4.98 Å². The molecule has 0 unspecified atom stereocenters. The van der Waals surface area contributed by atoms with E-state index in [-0.39, 0.29) is 0 Å². The SMILES string of the molecule is CC(C)NCc1cc(N(C)CC2CCC2)ncc1Cl. The minimum absolute atomic E-state index is 0.459. The van der Waals surface area contributed by atoms with Crippen LogP contribution in [-0.2, 0) is 6.54 Å². The molecule has 0 bridgehead atoms. The number of halogens is 1. The summed E-state index contributed by atoms with van der Waals surface area (Å²) in [7, 11) is 2.12. The molecule has 0 aliphatic heterocycles. The van der Waals surface area contributed by atoms with Gasteiger partial charge >= 0.3 is 0 Å². The van der Waals surface area contributed by atoms with Gasteiger partial charge < -0.3 is 10.2 Å². The molecule has 0 atom stereocenters. The lowest BCUT2D eigenvalue weighted by Gasteiger charge is -2.30. The monoisotopic (exact) mass is 281 g/mol. The Morgan fingerprint density at radius 1 is 1.47 bits per heavy atom. The third-order valence-corrected chi connectivity index (χ3v) is 4.11. The van der Waals surface area contributed by atoms with Crippen LogP contribution in [0.5, 0.6) is 0 Å². The Kier molecular flexibility index (Phi) is 5.06. The second kappa shape index (κ2) is 6.58. The van der Waals surface area contributed by atoms with E-state index in [1.54, 1.807) is 6.20 Å². The van der Waals surface area contributed by atoms with E-state index in [1.807, 2.05) is 0 Å². The van der Waals surface area contributed by atoms with E-state index in [4.69, 9.17) is 11.6 Å². The van der Waals surface area contributed by atoms with Crippen LogP contribution in [0.2, 0.25) is 5.02 Å². The summed E-state index contributed by atoms with van der Waals surface area (Å²) in [6.07, 6.45) is 5.88. The molecule has 3 nitrogen and oxygen atoms in total. The van der Waals surface area contributed by atoms with Gasteiger partial charge in [0.1, 0.15) is 5.82 Å². The van der Waals surface area contributed by atoms with Gasteiger partial charge in [0.2, 0.25) is 0 Å². The van der Waals surface area contributed by atoms with Crippen molar-refractivity contribution >= 4 is 17.4 Å². The minimum Gasteiger partial charge on any atom is -0.359 e. The Labute approximate surface area is 121 Å². The third kappa shape index (κ3) is 4.08. The lowest BCUT2D eigenvalue weighted by Crippen LogP contribution is -2.30. The Bertz CT molecular complexity index is 416. The maximum atomic E-state index is 6.21. The van der Waals surface area contributed by atoms with E-state index >= 15 is 0 Å². The Balaban J connectivity index is 2.01. The fourth-order valence-corrected chi connectivity index (χ4v) is 2.45. The molecule has 1 heterocycles. The minimum atomic E-state index is 0.459. The molecular formula is C15H24ClN3. The molecule has 1 aromatic rings. The molecule has 1 aromatic heterocycles. The van der Waals surface area contributed by atoms with Gasteiger partial charge in [0.05, 0.1) is 5.02 Å². The lowest BCUT2D eigenvalue weighted by molar-refractivity contribution is 0.321. The molecule has 0 aromatic carbocycles. The molecule has 0 spiro atoms. The molecular weight excluding hydrogens is 258 g/mol. The molecule has 106 valence electrons. The first-order valence-electron chi connectivity index (χ1n) is 7.15. The molecule has 1 N–H and O–H groups in total. The number of anilines is 1. The fraction of sp³-hybridized carbons (Fsp3) is 0.667. The maximum absolute atomic E-state index is 6.21. The summed E-state index contributed by atoms with van der Waals surface area (Å²) < 4.78 is 0. The number of aromatic nitrogens is 1. The topological polar surface area (TPSA) is 28.2 Å². The number of hydrogen-bond acceptors (Lipinski definition) is 3. The highest BCUT2D eigenvalue weighted by Crippen LogP contribution is 2.28. The van der Waals surface area contributed by atoms with E-state index in [1.165, 1.54) is 19.3 Å². The first-order chi connectivity index (χ1) is 9.06. The van der Waals surface area contributed by atoms with Crippen LogP contribution in [0.3, 0.4) is 0 Å². The van der Waals surface area contributed by atoms with E-state index in [2.05, 4.69) is 42.2 Å². The summed E-state index contributed by atoms with van der Waals surface area (Å²) >= 11 is 6.21. The molecule has 4 heteroatoms. The van der Waals surface area contributed by atoms with Gasteiger partial charge in [0.25, 0.3) is 0 Å². The summed E-state index contributed by atoms with van der Waals surface area (Å²) in [4.78, 5) is 6.69. The first-order valence-corrected chi connectivity index (χ1v) is 7.53. The quantitative estimate of drug-likeness (QED) is 0.865. The average molecular weight is 282 g/mol. The number of rotatable bonds is 6. The van der Waals surface area contributed by atoms with Gasteiger partial charge in [-0.3, -0.25) is 0 Å². The summed E-state index contributed by atoms with van der Waals surface area (Å²) in [6, 6.07) is 2.57. The van der Waals surface area contributed by atoms with E-state index in [9.17, 15) is 0 Å². The Morgan fingerprint density at radius 3 is 2.79 bits per heavy atom. The van der Waals surface area contributed by atoms with Crippen LogP contribution >= 0.6 is 11.6 Å². The Morgan fingerprint density at radius 2 is 2.21 bits per heavy atom. The normalized spacial score (nSPS) is 15.6. The van der Waals surface area contributed by atoms with Gasteiger partial charge in [-0.05, 0) is 30.4 Å². The van der Waals surface area contributed by atoms with Crippen molar-refractivity contribution in [3.8, 4) is 0 Å². The molecule has 1 aliphatic carbocycles. The Hall–Kier alpha value is -0.800. The van der Waals surface area contributed by atoms with Crippen LogP contribution in [0.1, 0.15) is 38.7 Å². The molecule has 0 amide bonds. The second-order valence-corrected chi connectivity index (χ2v) is 6.25. The predicted octanol–water partition coefficient (Wildman–Crippen LogP) is 3.47. The predicted molar refractivity (Wildman–Crippen MR) is 81.8 cm³/mol. The van der Waals surface area contributed by atoms with Crippen molar-refractivity contribution in [1.82, 2.24) is 10.3 Å². The molecule has 1 fully saturated rings. The van der Waals surface area contributed by atoms with Crippen LogP contribution in [0, 0.1) is 5.92 Å². The van der Waals surface area contributed by atoms with Crippen molar-refractivity contribution in [3.05, 3.63) is 22.8 Å². The molecule has 1 aliphatic rings. The first kappa shape index (κ1) is 14.6. The van der Waals surface area contributed by atoms with Crippen LogP contribution in [0.25, 0.3) is 0 Å². The summed E-state index contributed by atoms with van der Waals surface area (Å²) in [5.41, 5.74) is 1.13. The van der Waals surface area contributed by atoms with Crippen molar-refractivity contribution < 1.29 is 0 Å². The molecule has 1 saturated carbocycles. The third-order valence-electron chi connectivity index (χ3n) is 3.77. The second-order valence-electron chi connectivity index (χ2n) is 5.85. The van der Waals surface area contributed by atoms with E-state index < -0.39 is 0 Å².